The Morgan fingerprint density at radius 3 is 1.62 bits per heavy atom. The smallest absolute Gasteiger partial charge is 0.199 e. The molecule has 9 rings (SSSR count). The van der Waals surface area contributed by atoms with Crippen molar-refractivity contribution in [1.29, 1.82) is 0 Å². The lowest BCUT2D eigenvalue weighted by atomic mass is 9.88. The molecule has 0 aliphatic carbocycles. The van der Waals surface area contributed by atoms with Crippen molar-refractivity contribution >= 4 is 43.3 Å². The second-order valence-corrected chi connectivity index (χ2v) is 11.2. The largest absolute Gasteiger partial charge is 0.453 e. The topological polar surface area (TPSA) is 51.8 Å². The van der Waals surface area contributed by atoms with E-state index in [2.05, 4.69) is 121 Å². The number of hydrogen-bond acceptors (Lipinski definition) is 4. The maximum absolute atomic E-state index is 6.31. The monoisotopic (exact) mass is 575 g/mol. The van der Waals surface area contributed by atoms with Crippen LogP contribution >= 0.6 is 0 Å². The zero-order chi connectivity index (χ0) is 29.7. The third kappa shape index (κ3) is 4.27. The number of rotatable bonds is 4. The summed E-state index contributed by atoms with van der Waals surface area (Å²) < 4.78 is 6.31. The van der Waals surface area contributed by atoms with Gasteiger partial charge in [0.15, 0.2) is 23.2 Å². The Bertz CT molecular complexity index is 2460. The molecule has 0 bridgehead atoms. The highest BCUT2D eigenvalue weighted by Gasteiger charge is 2.21. The van der Waals surface area contributed by atoms with Crippen LogP contribution in [0.2, 0.25) is 0 Å². The molecular weight excluding hydrogens is 550 g/mol. The quantitative estimate of drug-likeness (QED) is 0.196. The first-order valence-electron chi connectivity index (χ1n) is 15.0. The fourth-order valence-corrected chi connectivity index (χ4v) is 6.43. The molecule has 0 unspecified atom stereocenters. The molecule has 0 radical (unpaired) electrons. The number of hydrogen-bond donors (Lipinski definition) is 0. The molecule has 0 N–H and O–H groups in total. The summed E-state index contributed by atoms with van der Waals surface area (Å²) in [4.78, 5) is 15.4. The van der Waals surface area contributed by atoms with Crippen molar-refractivity contribution in [3.8, 4) is 45.5 Å². The first kappa shape index (κ1) is 25.4. The Hall–Kier alpha value is -6.13. The molecule has 0 saturated carbocycles. The molecule has 7 aromatic carbocycles. The van der Waals surface area contributed by atoms with Crippen molar-refractivity contribution in [3.63, 3.8) is 0 Å². The minimum atomic E-state index is 0.500. The second-order valence-electron chi connectivity index (χ2n) is 11.2. The van der Waals surface area contributed by atoms with E-state index < -0.39 is 0 Å². The highest BCUT2D eigenvalue weighted by Crippen LogP contribution is 2.43. The van der Waals surface area contributed by atoms with E-state index in [1.807, 2.05) is 30.3 Å². The standard InChI is InChI=1S/C41H25N3O/c1-2-13-27(14-3-1)37-31-17-7-9-19-33(31)38(34-20-10-8-18-32(34)37)41-43-39(30-23-22-26-12-4-5-15-28(26)24-30)42-40(44-41)36-25-29-16-6-11-21-35(29)45-36/h1-25H. The van der Waals surface area contributed by atoms with E-state index in [0.717, 1.165) is 49.0 Å². The average Bonchev–Trinajstić information content (AvgIpc) is 3.55. The summed E-state index contributed by atoms with van der Waals surface area (Å²) in [5, 5.41) is 7.77. The highest BCUT2D eigenvalue weighted by molar-refractivity contribution is 6.20. The van der Waals surface area contributed by atoms with E-state index in [-0.39, 0.29) is 0 Å². The van der Waals surface area contributed by atoms with Gasteiger partial charge in [0, 0.05) is 16.5 Å². The SMILES string of the molecule is c1ccc(-c2c3ccccc3c(-c3nc(-c4ccc5ccccc5c4)nc(-c4cc5ccccc5o4)n3)c3ccccc23)cc1. The molecule has 0 atom stereocenters. The van der Waals surface area contributed by atoms with Crippen LogP contribution in [0, 0.1) is 0 Å². The van der Waals surface area contributed by atoms with Crippen molar-refractivity contribution in [2.45, 2.75) is 0 Å². The Labute approximate surface area is 259 Å². The van der Waals surface area contributed by atoms with Gasteiger partial charge in [-0.3, -0.25) is 0 Å². The van der Waals surface area contributed by atoms with Crippen LogP contribution in [0.3, 0.4) is 0 Å². The maximum atomic E-state index is 6.31. The van der Waals surface area contributed by atoms with Crippen LogP contribution in [0.4, 0.5) is 0 Å². The molecule has 0 spiro atoms. The van der Waals surface area contributed by atoms with E-state index in [1.54, 1.807) is 0 Å². The lowest BCUT2D eigenvalue weighted by molar-refractivity contribution is 0.625. The molecule has 9 aromatic rings. The van der Waals surface area contributed by atoms with Crippen molar-refractivity contribution in [2.24, 2.45) is 0 Å². The molecule has 4 nitrogen and oxygen atoms in total. The van der Waals surface area contributed by atoms with Crippen molar-refractivity contribution in [2.75, 3.05) is 0 Å². The van der Waals surface area contributed by atoms with Crippen molar-refractivity contribution in [3.05, 3.63) is 152 Å². The molecular formula is C41H25N3O. The molecule has 0 aliphatic heterocycles. The van der Waals surface area contributed by atoms with Crippen LogP contribution in [0.25, 0.3) is 88.8 Å². The molecule has 0 aliphatic rings. The molecule has 4 heteroatoms. The van der Waals surface area contributed by atoms with Gasteiger partial charge in [-0.15, -0.1) is 0 Å². The van der Waals surface area contributed by atoms with E-state index in [0.29, 0.717) is 23.2 Å². The third-order valence-electron chi connectivity index (χ3n) is 8.51. The third-order valence-corrected chi connectivity index (χ3v) is 8.51. The highest BCUT2D eigenvalue weighted by atomic mass is 16.3. The summed E-state index contributed by atoms with van der Waals surface area (Å²) in [5.74, 6) is 2.31. The summed E-state index contributed by atoms with van der Waals surface area (Å²) in [5.41, 5.74) is 5.07. The van der Waals surface area contributed by atoms with Crippen LogP contribution in [0.15, 0.2) is 156 Å². The minimum Gasteiger partial charge on any atom is -0.453 e. The number of benzene rings is 7. The van der Waals surface area contributed by atoms with Crippen molar-refractivity contribution in [1.82, 2.24) is 15.0 Å². The molecule has 2 aromatic heterocycles. The van der Waals surface area contributed by atoms with Gasteiger partial charge in [-0.2, -0.15) is 0 Å². The van der Waals surface area contributed by atoms with E-state index in [9.17, 15) is 0 Å². The molecule has 0 fully saturated rings. The normalized spacial score (nSPS) is 11.6. The first-order valence-corrected chi connectivity index (χ1v) is 15.0. The van der Waals surface area contributed by atoms with Gasteiger partial charge in [0.05, 0.1) is 0 Å². The summed E-state index contributed by atoms with van der Waals surface area (Å²) in [6.07, 6.45) is 0. The number of para-hydroxylation sites is 1. The summed E-state index contributed by atoms with van der Waals surface area (Å²) in [6, 6.07) is 52.4. The molecule has 0 amide bonds. The Kier molecular flexibility index (Phi) is 5.78. The fourth-order valence-electron chi connectivity index (χ4n) is 6.43. The van der Waals surface area contributed by atoms with Crippen LogP contribution in [0.1, 0.15) is 0 Å². The zero-order valence-electron chi connectivity index (χ0n) is 24.2. The predicted molar refractivity (Wildman–Crippen MR) is 184 cm³/mol. The van der Waals surface area contributed by atoms with Gasteiger partial charge in [-0.1, -0.05) is 133 Å². The minimum absolute atomic E-state index is 0.500. The van der Waals surface area contributed by atoms with Gasteiger partial charge in [0.25, 0.3) is 0 Å². The van der Waals surface area contributed by atoms with Gasteiger partial charge < -0.3 is 4.42 Å². The predicted octanol–water partition coefficient (Wildman–Crippen LogP) is 10.7. The van der Waals surface area contributed by atoms with Crippen LogP contribution < -0.4 is 0 Å². The molecule has 45 heavy (non-hydrogen) atoms. The fraction of sp³-hybridized carbons (Fsp3) is 0. The van der Waals surface area contributed by atoms with Crippen LogP contribution in [0.5, 0.6) is 0 Å². The second kappa shape index (κ2) is 10.2. The number of furan rings is 1. The van der Waals surface area contributed by atoms with E-state index in [1.165, 1.54) is 16.5 Å². The molecule has 2 heterocycles. The van der Waals surface area contributed by atoms with E-state index >= 15 is 0 Å². The Balaban J connectivity index is 1.37. The summed E-state index contributed by atoms with van der Waals surface area (Å²) >= 11 is 0. The van der Waals surface area contributed by atoms with Gasteiger partial charge in [-0.25, -0.2) is 15.0 Å². The van der Waals surface area contributed by atoms with Gasteiger partial charge >= 0.3 is 0 Å². The average molecular weight is 576 g/mol. The van der Waals surface area contributed by atoms with Gasteiger partial charge in [-0.05, 0) is 61.6 Å². The Morgan fingerprint density at radius 2 is 0.911 bits per heavy atom. The van der Waals surface area contributed by atoms with Gasteiger partial charge in [0.1, 0.15) is 5.58 Å². The Morgan fingerprint density at radius 1 is 0.356 bits per heavy atom. The number of fused-ring (bicyclic) bond motifs is 4. The molecule has 210 valence electrons. The summed E-state index contributed by atoms with van der Waals surface area (Å²) in [6.45, 7) is 0. The zero-order valence-corrected chi connectivity index (χ0v) is 24.2. The summed E-state index contributed by atoms with van der Waals surface area (Å²) in [7, 11) is 0. The number of aromatic nitrogens is 3. The van der Waals surface area contributed by atoms with E-state index in [4.69, 9.17) is 19.4 Å². The lowest BCUT2D eigenvalue weighted by Crippen LogP contribution is -2.01. The lowest BCUT2D eigenvalue weighted by Gasteiger charge is -2.17. The van der Waals surface area contributed by atoms with Crippen molar-refractivity contribution < 1.29 is 4.42 Å². The van der Waals surface area contributed by atoms with Crippen LogP contribution in [-0.4, -0.2) is 15.0 Å². The number of nitrogens with zero attached hydrogens (tertiary/aromatic N) is 3. The molecule has 0 saturated heterocycles. The maximum Gasteiger partial charge on any atom is 0.199 e. The van der Waals surface area contributed by atoms with Crippen LogP contribution in [-0.2, 0) is 0 Å². The first-order chi connectivity index (χ1) is 22.3. The van der Waals surface area contributed by atoms with Gasteiger partial charge in [0.2, 0.25) is 0 Å².